The van der Waals surface area contributed by atoms with E-state index in [0.717, 1.165) is 39.0 Å². The molecular formula is C12H18N2O2. The van der Waals surface area contributed by atoms with Crippen LogP contribution < -0.4 is 5.32 Å². The van der Waals surface area contributed by atoms with Crippen LogP contribution in [-0.2, 0) is 9.53 Å². The van der Waals surface area contributed by atoms with Crippen molar-refractivity contribution >= 4 is 5.97 Å². The van der Waals surface area contributed by atoms with Crippen LogP contribution in [0.4, 0.5) is 0 Å². The molecule has 0 aliphatic carbocycles. The number of piperidine rings is 1. The zero-order valence-electron chi connectivity index (χ0n) is 9.45. The van der Waals surface area contributed by atoms with Crippen molar-refractivity contribution in [2.45, 2.75) is 18.9 Å². The third kappa shape index (κ3) is 2.75. The Morgan fingerprint density at radius 2 is 2.12 bits per heavy atom. The monoisotopic (exact) mass is 222 g/mol. The summed E-state index contributed by atoms with van der Waals surface area (Å²) in [6.45, 7) is 4.09. The average Bonchev–Trinajstić information content (AvgIpc) is 2.27. The number of nitrogens with zero attached hydrogens (tertiary/aromatic N) is 1. The summed E-state index contributed by atoms with van der Waals surface area (Å²) in [5, 5.41) is 3.24. The van der Waals surface area contributed by atoms with E-state index in [1.165, 1.54) is 0 Å². The lowest BCUT2D eigenvalue weighted by atomic mass is 9.98. The first-order valence-electron chi connectivity index (χ1n) is 5.86. The number of likely N-dealkylation sites (tertiary alicyclic amines) is 1. The Bertz CT molecular complexity index is 286. The molecule has 0 unspecified atom stereocenters. The highest BCUT2D eigenvalue weighted by Gasteiger charge is 2.32. The molecule has 2 aliphatic rings. The van der Waals surface area contributed by atoms with E-state index in [1.54, 1.807) is 0 Å². The van der Waals surface area contributed by atoms with Gasteiger partial charge in [-0.3, -0.25) is 9.69 Å². The van der Waals surface area contributed by atoms with Gasteiger partial charge in [0, 0.05) is 13.1 Å². The van der Waals surface area contributed by atoms with E-state index in [-0.39, 0.29) is 18.0 Å². The summed E-state index contributed by atoms with van der Waals surface area (Å²) < 4.78 is 5.43. The lowest BCUT2D eigenvalue weighted by molar-refractivity contribution is -0.162. The van der Waals surface area contributed by atoms with Gasteiger partial charge in [0.05, 0.1) is 12.5 Å². The number of hydrogen-bond donors (Lipinski definition) is 1. The Kier molecular flexibility index (Phi) is 3.81. The third-order valence-electron chi connectivity index (χ3n) is 3.19. The molecule has 0 atom stereocenters. The van der Waals surface area contributed by atoms with Crippen molar-refractivity contribution in [2.24, 2.45) is 5.92 Å². The van der Waals surface area contributed by atoms with E-state index in [4.69, 9.17) is 11.2 Å². The molecule has 4 nitrogen and oxygen atoms in total. The fraction of sp³-hybridized carbons (Fsp3) is 0.750. The molecule has 2 fully saturated rings. The highest BCUT2D eigenvalue weighted by atomic mass is 16.5. The fourth-order valence-corrected chi connectivity index (χ4v) is 2.17. The van der Waals surface area contributed by atoms with Gasteiger partial charge in [-0.25, -0.2) is 0 Å². The van der Waals surface area contributed by atoms with Crippen molar-refractivity contribution in [3.05, 3.63) is 0 Å². The molecular weight excluding hydrogens is 204 g/mol. The second-order valence-electron chi connectivity index (χ2n) is 4.48. The Morgan fingerprint density at radius 3 is 2.75 bits per heavy atom. The molecule has 0 bridgehead atoms. The molecule has 0 aromatic carbocycles. The third-order valence-corrected chi connectivity index (χ3v) is 3.19. The van der Waals surface area contributed by atoms with Gasteiger partial charge in [0.15, 0.2) is 0 Å². The molecule has 4 heteroatoms. The largest absolute Gasteiger partial charge is 0.459 e. The molecule has 88 valence electrons. The van der Waals surface area contributed by atoms with Gasteiger partial charge in [0.1, 0.15) is 6.10 Å². The second kappa shape index (κ2) is 5.33. The van der Waals surface area contributed by atoms with Gasteiger partial charge in [-0.2, -0.15) is 0 Å². The van der Waals surface area contributed by atoms with Crippen LogP contribution in [-0.4, -0.2) is 49.7 Å². The lowest BCUT2D eigenvalue weighted by Crippen LogP contribution is -2.53. The van der Waals surface area contributed by atoms with Crippen LogP contribution in [0.2, 0.25) is 0 Å². The van der Waals surface area contributed by atoms with E-state index >= 15 is 0 Å². The first-order chi connectivity index (χ1) is 7.79. The first kappa shape index (κ1) is 11.4. The summed E-state index contributed by atoms with van der Waals surface area (Å²) in [5.41, 5.74) is 0. The smallest absolute Gasteiger partial charge is 0.309 e. The Labute approximate surface area is 96.3 Å². The van der Waals surface area contributed by atoms with Crippen LogP contribution in [0, 0.1) is 18.3 Å². The number of esters is 1. The van der Waals surface area contributed by atoms with Crippen molar-refractivity contribution in [1.29, 1.82) is 0 Å². The number of nitrogens with one attached hydrogen (secondary N) is 1. The highest BCUT2D eigenvalue weighted by Crippen LogP contribution is 2.17. The zero-order chi connectivity index (χ0) is 11.4. The quantitative estimate of drug-likeness (QED) is 0.532. The van der Waals surface area contributed by atoms with Crippen LogP contribution in [0.25, 0.3) is 0 Å². The van der Waals surface area contributed by atoms with Crippen molar-refractivity contribution < 1.29 is 9.53 Å². The van der Waals surface area contributed by atoms with Gasteiger partial charge >= 0.3 is 5.97 Å². The number of carbonyl (C=O) groups excluding carboxylic acids is 1. The normalized spacial score (nSPS) is 23.4. The molecule has 2 saturated heterocycles. The molecule has 0 aromatic rings. The molecule has 2 heterocycles. The van der Waals surface area contributed by atoms with E-state index in [0.29, 0.717) is 6.54 Å². The second-order valence-corrected chi connectivity index (χ2v) is 4.48. The van der Waals surface area contributed by atoms with E-state index in [2.05, 4.69) is 16.1 Å². The lowest BCUT2D eigenvalue weighted by Gasteiger charge is -2.38. The van der Waals surface area contributed by atoms with Crippen molar-refractivity contribution in [3.8, 4) is 12.3 Å². The summed E-state index contributed by atoms with van der Waals surface area (Å²) in [6.07, 6.45) is 7.07. The molecule has 0 spiro atoms. The first-order valence-corrected chi connectivity index (χ1v) is 5.86. The predicted octanol–water partition coefficient (Wildman–Crippen LogP) is -0.153. The van der Waals surface area contributed by atoms with Crippen molar-refractivity contribution in [2.75, 3.05) is 32.7 Å². The SMILES string of the molecule is C#CCN1CC(OC(=O)C2CCNCC2)C1. The van der Waals surface area contributed by atoms with E-state index in [1.807, 2.05) is 0 Å². The molecule has 0 amide bonds. The van der Waals surface area contributed by atoms with Crippen molar-refractivity contribution in [3.63, 3.8) is 0 Å². The number of hydrogen-bond acceptors (Lipinski definition) is 4. The van der Waals surface area contributed by atoms with Crippen LogP contribution >= 0.6 is 0 Å². The number of terminal acetylenes is 1. The molecule has 0 radical (unpaired) electrons. The standard InChI is InChI=1S/C12H18N2O2/c1-2-7-14-8-11(9-14)16-12(15)10-3-5-13-6-4-10/h1,10-11,13H,3-9H2. The molecule has 1 N–H and O–H groups in total. The number of rotatable bonds is 3. The topological polar surface area (TPSA) is 41.6 Å². The van der Waals surface area contributed by atoms with E-state index in [9.17, 15) is 4.79 Å². The summed E-state index contributed by atoms with van der Waals surface area (Å²) in [7, 11) is 0. The minimum Gasteiger partial charge on any atom is -0.459 e. The Hall–Kier alpha value is -1.05. The van der Waals surface area contributed by atoms with Gasteiger partial charge in [-0.1, -0.05) is 5.92 Å². The van der Waals surface area contributed by atoms with Gasteiger partial charge in [0.25, 0.3) is 0 Å². The maximum absolute atomic E-state index is 11.8. The molecule has 2 rings (SSSR count). The van der Waals surface area contributed by atoms with Gasteiger partial charge in [0.2, 0.25) is 0 Å². The zero-order valence-corrected chi connectivity index (χ0v) is 9.45. The fourth-order valence-electron chi connectivity index (χ4n) is 2.17. The van der Waals surface area contributed by atoms with Crippen LogP contribution in [0.1, 0.15) is 12.8 Å². The highest BCUT2D eigenvalue weighted by molar-refractivity contribution is 5.72. The van der Waals surface area contributed by atoms with Crippen LogP contribution in [0.15, 0.2) is 0 Å². The maximum atomic E-state index is 11.8. The minimum absolute atomic E-state index is 0.0214. The summed E-state index contributed by atoms with van der Waals surface area (Å²) >= 11 is 0. The number of carbonyl (C=O) groups is 1. The average molecular weight is 222 g/mol. The van der Waals surface area contributed by atoms with Crippen LogP contribution in [0.5, 0.6) is 0 Å². The summed E-state index contributed by atoms with van der Waals surface area (Å²) in [4.78, 5) is 13.9. The summed E-state index contributed by atoms with van der Waals surface area (Å²) in [5.74, 6) is 2.66. The summed E-state index contributed by atoms with van der Waals surface area (Å²) in [6, 6.07) is 0. The molecule has 2 aliphatic heterocycles. The van der Waals surface area contributed by atoms with E-state index < -0.39 is 0 Å². The molecule has 0 aromatic heterocycles. The maximum Gasteiger partial charge on any atom is 0.309 e. The minimum atomic E-state index is -0.0214. The van der Waals surface area contributed by atoms with Gasteiger partial charge in [-0.05, 0) is 25.9 Å². The molecule has 16 heavy (non-hydrogen) atoms. The van der Waals surface area contributed by atoms with Crippen molar-refractivity contribution in [1.82, 2.24) is 10.2 Å². The number of ether oxygens (including phenoxy) is 1. The predicted molar refractivity (Wildman–Crippen MR) is 60.7 cm³/mol. The Morgan fingerprint density at radius 1 is 1.44 bits per heavy atom. The molecule has 0 saturated carbocycles. The van der Waals surface area contributed by atoms with Gasteiger partial charge in [-0.15, -0.1) is 6.42 Å². The van der Waals surface area contributed by atoms with Gasteiger partial charge < -0.3 is 10.1 Å². The van der Waals surface area contributed by atoms with Crippen LogP contribution in [0.3, 0.4) is 0 Å². The Balaban J connectivity index is 1.67.